The van der Waals surface area contributed by atoms with Crippen LogP contribution in [0.5, 0.6) is 0 Å². The van der Waals surface area contributed by atoms with Gasteiger partial charge in [-0.2, -0.15) is 13.2 Å². The van der Waals surface area contributed by atoms with Crippen LogP contribution in [0.4, 0.5) is 18.9 Å². The van der Waals surface area contributed by atoms with Gasteiger partial charge in [0.05, 0.1) is 11.3 Å². The predicted molar refractivity (Wildman–Crippen MR) is 87.9 cm³/mol. The number of nitrogens with one attached hydrogen (secondary N) is 3. The standard InChI is InChI=1S/C17H22F3N3O2/c1-11(21-8-9-22-16(25)12-6-7-12)10-15(24)23-14-5-3-2-4-13(14)17(18,19)20/h2-5,11-12,21H,6-10H2,1H3,(H,22,25)(H,23,24). The first-order valence-corrected chi connectivity index (χ1v) is 8.24. The Hall–Kier alpha value is -2.09. The van der Waals surface area contributed by atoms with Crippen molar-refractivity contribution >= 4 is 17.5 Å². The molecule has 1 atom stereocenters. The molecule has 5 nitrogen and oxygen atoms in total. The van der Waals surface area contributed by atoms with Gasteiger partial charge in [0.1, 0.15) is 0 Å². The summed E-state index contributed by atoms with van der Waals surface area (Å²) < 4.78 is 38.7. The molecule has 0 spiro atoms. The maximum absolute atomic E-state index is 12.9. The number of anilines is 1. The summed E-state index contributed by atoms with van der Waals surface area (Å²) >= 11 is 0. The highest BCUT2D eigenvalue weighted by Crippen LogP contribution is 2.34. The van der Waals surface area contributed by atoms with Crippen molar-refractivity contribution in [3.05, 3.63) is 29.8 Å². The zero-order valence-corrected chi connectivity index (χ0v) is 14.0. The van der Waals surface area contributed by atoms with Crippen molar-refractivity contribution in [1.82, 2.24) is 10.6 Å². The molecule has 8 heteroatoms. The number of amides is 2. The monoisotopic (exact) mass is 357 g/mol. The molecule has 1 unspecified atom stereocenters. The van der Waals surface area contributed by atoms with Crippen molar-refractivity contribution in [1.29, 1.82) is 0 Å². The van der Waals surface area contributed by atoms with Gasteiger partial charge in [-0.3, -0.25) is 9.59 Å². The zero-order chi connectivity index (χ0) is 18.4. The number of halogens is 3. The van der Waals surface area contributed by atoms with Gasteiger partial charge >= 0.3 is 6.18 Å². The molecule has 1 saturated carbocycles. The molecule has 1 aliphatic rings. The van der Waals surface area contributed by atoms with E-state index in [1.165, 1.54) is 18.2 Å². The van der Waals surface area contributed by atoms with Gasteiger partial charge in [-0.1, -0.05) is 12.1 Å². The van der Waals surface area contributed by atoms with Crippen molar-refractivity contribution < 1.29 is 22.8 Å². The lowest BCUT2D eigenvalue weighted by atomic mass is 10.1. The number of hydrogen-bond acceptors (Lipinski definition) is 3. The second-order valence-electron chi connectivity index (χ2n) is 6.22. The number of benzene rings is 1. The lowest BCUT2D eigenvalue weighted by Gasteiger charge is -2.16. The Balaban J connectivity index is 1.73. The molecule has 2 rings (SSSR count). The van der Waals surface area contributed by atoms with E-state index < -0.39 is 17.6 Å². The van der Waals surface area contributed by atoms with Gasteiger partial charge in [0, 0.05) is 31.5 Å². The summed E-state index contributed by atoms with van der Waals surface area (Å²) in [5.74, 6) is -0.299. The minimum absolute atomic E-state index is 0.0305. The maximum Gasteiger partial charge on any atom is 0.418 e. The van der Waals surface area contributed by atoms with Crippen LogP contribution in [-0.4, -0.2) is 30.9 Å². The number of alkyl halides is 3. The van der Waals surface area contributed by atoms with Crippen LogP contribution >= 0.6 is 0 Å². The minimum atomic E-state index is -4.52. The van der Waals surface area contributed by atoms with E-state index in [2.05, 4.69) is 16.0 Å². The first kappa shape index (κ1) is 19.2. The normalized spacial score (nSPS) is 15.5. The van der Waals surface area contributed by atoms with E-state index in [0.717, 1.165) is 18.9 Å². The van der Waals surface area contributed by atoms with Crippen molar-refractivity contribution in [2.75, 3.05) is 18.4 Å². The van der Waals surface area contributed by atoms with Gasteiger partial charge in [0.25, 0.3) is 0 Å². The quantitative estimate of drug-likeness (QED) is 0.626. The molecule has 0 radical (unpaired) electrons. The van der Waals surface area contributed by atoms with Crippen LogP contribution < -0.4 is 16.0 Å². The number of carbonyl (C=O) groups is 2. The lowest BCUT2D eigenvalue weighted by molar-refractivity contribution is -0.137. The summed E-state index contributed by atoms with van der Waals surface area (Å²) in [6.45, 7) is 2.71. The summed E-state index contributed by atoms with van der Waals surface area (Å²) in [6.07, 6.45) is -2.61. The molecule has 1 aliphatic carbocycles. The molecular formula is C17H22F3N3O2. The second-order valence-corrected chi connectivity index (χ2v) is 6.22. The van der Waals surface area contributed by atoms with Gasteiger partial charge in [-0.05, 0) is 31.9 Å². The van der Waals surface area contributed by atoms with E-state index in [4.69, 9.17) is 0 Å². The fraction of sp³-hybridized carbons (Fsp3) is 0.529. The average Bonchev–Trinajstić information content (AvgIpc) is 3.35. The van der Waals surface area contributed by atoms with Crippen molar-refractivity contribution in [3.63, 3.8) is 0 Å². The summed E-state index contributed by atoms with van der Waals surface area (Å²) in [5, 5.41) is 8.16. The van der Waals surface area contributed by atoms with Crippen molar-refractivity contribution in [3.8, 4) is 0 Å². The smallest absolute Gasteiger partial charge is 0.355 e. The van der Waals surface area contributed by atoms with E-state index in [-0.39, 0.29) is 30.0 Å². The van der Waals surface area contributed by atoms with Gasteiger partial charge < -0.3 is 16.0 Å². The Labute approximate surface area is 144 Å². The topological polar surface area (TPSA) is 70.2 Å². The highest BCUT2D eigenvalue weighted by molar-refractivity contribution is 5.92. The highest BCUT2D eigenvalue weighted by atomic mass is 19.4. The fourth-order valence-corrected chi connectivity index (χ4v) is 2.38. The summed E-state index contributed by atoms with van der Waals surface area (Å²) in [4.78, 5) is 23.4. The molecule has 1 aromatic carbocycles. The lowest BCUT2D eigenvalue weighted by Crippen LogP contribution is -2.37. The molecule has 25 heavy (non-hydrogen) atoms. The third-order valence-electron chi connectivity index (χ3n) is 3.86. The van der Waals surface area contributed by atoms with Crippen LogP contribution in [0.1, 0.15) is 31.7 Å². The van der Waals surface area contributed by atoms with Crippen LogP contribution in [0.15, 0.2) is 24.3 Å². The molecule has 0 bridgehead atoms. The van der Waals surface area contributed by atoms with Crippen molar-refractivity contribution in [2.24, 2.45) is 5.92 Å². The van der Waals surface area contributed by atoms with Crippen LogP contribution in [0.3, 0.4) is 0 Å². The Morgan fingerprint density at radius 3 is 2.52 bits per heavy atom. The fourth-order valence-electron chi connectivity index (χ4n) is 2.38. The number of hydrogen-bond donors (Lipinski definition) is 3. The Bertz CT molecular complexity index is 615. The molecule has 0 aromatic heterocycles. The molecule has 0 saturated heterocycles. The molecule has 138 valence electrons. The maximum atomic E-state index is 12.9. The SMILES string of the molecule is CC(CC(=O)Nc1ccccc1C(F)(F)F)NCCNC(=O)C1CC1. The third kappa shape index (κ3) is 6.38. The summed E-state index contributed by atoms with van der Waals surface area (Å²) in [7, 11) is 0. The van der Waals surface area contributed by atoms with Gasteiger partial charge in [0.15, 0.2) is 0 Å². The molecule has 3 N–H and O–H groups in total. The molecule has 0 aliphatic heterocycles. The molecule has 1 fully saturated rings. The van der Waals surface area contributed by atoms with E-state index in [1.54, 1.807) is 6.92 Å². The van der Waals surface area contributed by atoms with Crippen LogP contribution in [0, 0.1) is 5.92 Å². The average molecular weight is 357 g/mol. The largest absolute Gasteiger partial charge is 0.418 e. The second kappa shape index (κ2) is 8.33. The van der Waals surface area contributed by atoms with Gasteiger partial charge in [-0.25, -0.2) is 0 Å². The predicted octanol–water partition coefficient (Wildman–Crippen LogP) is 2.54. The zero-order valence-electron chi connectivity index (χ0n) is 14.0. The van der Waals surface area contributed by atoms with Gasteiger partial charge in [0.2, 0.25) is 11.8 Å². The molecular weight excluding hydrogens is 335 g/mol. The van der Waals surface area contributed by atoms with E-state index in [0.29, 0.717) is 13.1 Å². The number of para-hydroxylation sites is 1. The van der Waals surface area contributed by atoms with Gasteiger partial charge in [-0.15, -0.1) is 0 Å². The Morgan fingerprint density at radius 2 is 1.88 bits per heavy atom. The third-order valence-corrected chi connectivity index (χ3v) is 3.86. The van der Waals surface area contributed by atoms with E-state index in [9.17, 15) is 22.8 Å². The summed E-state index contributed by atoms with van der Waals surface area (Å²) in [5.41, 5.74) is -1.12. The van der Waals surface area contributed by atoms with Crippen LogP contribution in [0.25, 0.3) is 0 Å². The Morgan fingerprint density at radius 1 is 1.20 bits per heavy atom. The van der Waals surface area contributed by atoms with Crippen LogP contribution in [-0.2, 0) is 15.8 Å². The number of carbonyl (C=O) groups excluding carboxylic acids is 2. The highest BCUT2D eigenvalue weighted by Gasteiger charge is 2.33. The van der Waals surface area contributed by atoms with E-state index >= 15 is 0 Å². The first-order valence-electron chi connectivity index (χ1n) is 8.24. The van der Waals surface area contributed by atoms with E-state index in [1.807, 2.05) is 0 Å². The van der Waals surface area contributed by atoms with Crippen LogP contribution in [0.2, 0.25) is 0 Å². The molecule has 1 aromatic rings. The summed E-state index contributed by atoms with van der Waals surface area (Å²) in [6, 6.07) is 4.65. The molecule has 0 heterocycles. The number of rotatable bonds is 8. The first-order chi connectivity index (χ1) is 11.8. The minimum Gasteiger partial charge on any atom is -0.355 e. The molecule has 2 amide bonds. The Kier molecular flexibility index (Phi) is 6.41. The van der Waals surface area contributed by atoms with Crippen molar-refractivity contribution in [2.45, 2.75) is 38.4 Å².